The number of hydrogen-bond acceptors (Lipinski definition) is 3. The zero-order valence-electron chi connectivity index (χ0n) is 4.45. The maximum absolute atomic E-state index is 4.67. The Bertz CT molecular complexity index is 27.3. The normalized spacial score (nSPS) is 4.67. The summed E-state index contributed by atoms with van der Waals surface area (Å²) >= 11 is 2.73. The van der Waals surface area contributed by atoms with Crippen LogP contribution in [0.3, 0.4) is 0 Å². The van der Waals surface area contributed by atoms with E-state index in [2.05, 4.69) is 3.63 Å². The summed E-state index contributed by atoms with van der Waals surface area (Å²) in [4.78, 5) is 0. The van der Waals surface area contributed by atoms with Crippen LogP contribution in [0.4, 0.5) is 14.1 Å². The Balaban J connectivity index is -0.0000000133. The van der Waals surface area contributed by atoms with Gasteiger partial charge >= 0.3 is 0 Å². The molecule has 0 amide bonds. The molecule has 0 unspecified atom stereocenters. The van der Waals surface area contributed by atoms with Crippen LogP contribution < -0.4 is 0 Å². The van der Waals surface area contributed by atoms with Crippen LogP contribution in [0.15, 0.2) is 0 Å². The molecule has 1 nitrogen and oxygen atoms in total. The molecule has 0 aromatic carbocycles. The van der Waals surface area contributed by atoms with Crippen molar-refractivity contribution in [2.75, 3.05) is 12.5 Å². The Morgan fingerprint density at radius 2 is 1.11 bits per heavy atom. The highest BCUT2D eigenvalue weighted by Gasteiger charge is 1.66. The van der Waals surface area contributed by atoms with Gasteiger partial charge < -0.3 is 0 Å². The lowest BCUT2D eigenvalue weighted by Crippen LogP contribution is -1.51. The van der Waals surface area contributed by atoms with Gasteiger partial charge in [0.25, 0.3) is 0 Å². The molecule has 0 aliphatic heterocycles. The summed E-state index contributed by atoms with van der Waals surface area (Å²) in [6, 6.07) is 0. The van der Waals surface area contributed by atoms with Crippen LogP contribution >= 0.6 is 24.1 Å². The van der Waals surface area contributed by atoms with Crippen LogP contribution in [-0.4, -0.2) is 20.9 Å². The summed E-state index contributed by atoms with van der Waals surface area (Å²) < 4.78 is 4.67. The molecule has 0 spiro atoms. The number of hydrogen-bond donors (Lipinski definition) is 0. The van der Waals surface area contributed by atoms with Crippen molar-refractivity contribution in [3.63, 3.8) is 0 Å². The lowest BCUT2D eigenvalue weighted by atomic mass is 10.8. The molecule has 0 aliphatic rings. The van der Waals surface area contributed by atoms with E-state index in [9.17, 15) is 0 Å². The van der Waals surface area contributed by atoms with Crippen LogP contribution in [0.2, 0.25) is 0 Å². The fraction of sp³-hybridized carbons (Fsp3) is 1.00. The van der Waals surface area contributed by atoms with Crippen LogP contribution in [0, 0.1) is 0 Å². The average molecular weight is 184 g/mol. The molecule has 62 valence electrons. The van der Waals surface area contributed by atoms with Gasteiger partial charge in [-0.05, 0) is 0 Å². The molecule has 0 fully saturated rings. The molecule has 0 radical (unpaired) electrons. The maximum atomic E-state index is 4.67. The van der Waals surface area contributed by atoms with Gasteiger partial charge in [-0.15, -0.1) is 0 Å². The summed E-state index contributed by atoms with van der Waals surface area (Å²) in [7, 11) is 0. The Labute approximate surface area is 63.4 Å². The van der Waals surface area contributed by atoms with E-state index in [1.807, 2.05) is 12.5 Å². The molecule has 0 bridgehead atoms. The zero-order valence-corrected chi connectivity index (χ0v) is 6.08. The Kier molecular flexibility index (Phi) is 146. The van der Waals surface area contributed by atoms with Crippen molar-refractivity contribution in [2.45, 2.75) is 0 Å². The van der Waals surface area contributed by atoms with Crippen molar-refractivity contribution in [3.8, 4) is 0 Å². The molecule has 0 rings (SSSR count). The molecule has 0 aromatic rings. The second-order valence-corrected chi connectivity index (χ2v) is 1.61. The Morgan fingerprint density at radius 1 is 0.889 bits per heavy atom. The van der Waals surface area contributed by atoms with Gasteiger partial charge in [0.05, 0.1) is 8.41 Å². The second kappa shape index (κ2) is 38.9. The first-order valence-corrected chi connectivity index (χ1v) is 3.45. The third-order valence-electron chi connectivity index (χ3n) is 0.136. The quantitative estimate of drug-likeness (QED) is 0.464. The highest BCUT2D eigenvalue weighted by atomic mass is 32.2. The van der Waals surface area contributed by atoms with E-state index in [4.69, 9.17) is 0 Å². The van der Waals surface area contributed by atoms with Gasteiger partial charge in [0.2, 0.25) is 0 Å². The minimum atomic E-state index is 0. The van der Waals surface area contributed by atoms with Gasteiger partial charge in [0.1, 0.15) is 0 Å². The van der Waals surface area contributed by atoms with E-state index in [1.54, 1.807) is 0 Å². The molecule has 0 aromatic heterocycles. The fourth-order valence-electron chi connectivity index (χ4n) is 0.0680. The van der Waals surface area contributed by atoms with Gasteiger partial charge in [0, 0.05) is 36.6 Å². The zero-order chi connectivity index (χ0) is 4.12. The van der Waals surface area contributed by atoms with Gasteiger partial charge in [0.15, 0.2) is 0 Å². The topological polar surface area (TPSA) is 9.23 Å². The number of rotatable bonds is 2. The highest BCUT2D eigenvalue weighted by molar-refractivity contribution is 8.07. The van der Waals surface area contributed by atoms with E-state index < -0.39 is 0 Å². The lowest BCUT2D eigenvalue weighted by Gasteiger charge is -1.82. The molecule has 0 aliphatic carbocycles. The van der Waals surface area contributed by atoms with Crippen LogP contribution in [-0.2, 0) is 3.63 Å². The first-order chi connectivity index (χ1) is 2.41. The monoisotopic (exact) mass is 184 g/mol. The van der Waals surface area contributed by atoms with Crippen molar-refractivity contribution in [3.05, 3.63) is 0 Å². The van der Waals surface area contributed by atoms with Crippen molar-refractivity contribution in [1.82, 2.24) is 0 Å². The summed E-state index contributed by atoms with van der Waals surface area (Å²) in [6.07, 6.45) is 3.77. The largest absolute Gasteiger partial charge is 0.269 e. The second-order valence-electron chi connectivity index (χ2n) is 0.401. The van der Waals surface area contributed by atoms with Crippen molar-refractivity contribution < 1.29 is 17.7 Å². The minimum absolute atomic E-state index is 0. The van der Waals surface area contributed by atoms with E-state index in [-0.39, 0.29) is 22.5 Å². The minimum Gasteiger partial charge on any atom is -0.269 e. The molecular formula is C2H12BF3OS2. The maximum Gasteiger partial charge on any atom is 0.0814 e. The molecule has 9 heavy (non-hydrogen) atoms. The van der Waals surface area contributed by atoms with Gasteiger partial charge in [-0.3, -0.25) is 14.1 Å². The van der Waals surface area contributed by atoms with Crippen LogP contribution in [0.5, 0.6) is 0 Å². The van der Waals surface area contributed by atoms with E-state index >= 15 is 0 Å². The SMILES string of the molecule is B.CSOSC.F.F.F. The molecular weight excluding hydrogens is 172 g/mol. The first kappa shape index (κ1) is 33.8. The van der Waals surface area contributed by atoms with E-state index in [0.29, 0.717) is 0 Å². The van der Waals surface area contributed by atoms with Gasteiger partial charge in [-0.2, -0.15) is 0 Å². The third-order valence-corrected chi connectivity index (χ3v) is 1.22. The smallest absolute Gasteiger partial charge is 0.0814 e. The van der Waals surface area contributed by atoms with E-state index in [1.165, 1.54) is 24.1 Å². The van der Waals surface area contributed by atoms with Crippen LogP contribution in [0.25, 0.3) is 0 Å². The highest BCUT2D eigenvalue weighted by Crippen LogP contribution is 2.04. The van der Waals surface area contributed by atoms with Crippen LogP contribution in [0.1, 0.15) is 0 Å². The molecule has 0 atom stereocenters. The molecule has 0 saturated carbocycles. The first-order valence-electron chi connectivity index (χ1n) is 1.15. The summed E-state index contributed by atoms with van der Waals surface area (Å²) in [6.45, 7) is 0. The lowest BCUT2D eigenvalue weighted by molar-refractivity contribution is 0.769. The van der Waals surface area contributed by atoms with Crippen molar-refractivity contribution in [1.29, 1.82) is 0 Å². The Hall–Kier alpha value is 0.515. The van der Waals surface area contributed by atoms with Crippen molar-refractivity contribution in [2.24, 2.45) is 0 Å². The predicted octanol–water partition coefficient (Wildman–Crippen LogP) is 0.833. The average Bonchev–Trinajstić information content (AvgIpc) is 1.41. The predicted molar refractivity (Wildman–Crippen MR) is 45.6 cm³/mol. The molecule has 7 heteroatoms. The molecule has 0 heterocycles. The summed E-state index contributed by atoms with van der Waals surface area (Å²) in [5, 5.41) is 0. The number of halogens is 3. The standard InChI is InChI=1S/C2H6OS2.BH3.3FH/c1-4-3-5-2;;;;/h1-2H3;1H3;3*1H. The fourth-order valence-corrected chi connectivity index (χ4v) is 0.612. The van der Waals surface area contributed by atoms with Crippen molar-refractivity contribution >= 4 is 32.5 Å². The Morgan fingerprint density at radius 3 is 1.11 bits per heavy atom. The van der Waals surface area contributed by atoms with Gasteiger partial charge in [-0.1, -0.05) is 0 Å². The third kappa shape index (κ3) is 57.1. The summed E-state index contributed by atoms with van der Waals surface area (Å²) in [5.74, 6) is 0. The molecule has 0 N–H and O–H groups in total. The summed E-state index contributed by atoms with van der Waals surface area (Å²) in [5.41, 5.74) is 0. The van der Waals surface area contributed by atoms with Gasteiger partial charge in [-0.25, -0.2) is 3.63 Å². The van der Waals surface area contributed by atoms with E-state index in [0.717, 1.165) is 0 Å². The molecule has 0 saturated heterocycles.